The van der Waals surface area contributed by atoms with Gasteiger partial charge in [0.15, 0.2) is 0 Å². The first-order chi connectivity index (χ1) is 8.47. The molecule has 2 rings (SSSR count). The van der Waals surface area contributed by atoms with Crippen LogP contribution >= 0.6 is 0 Å². The number of rotatable bonds is 2. The summed E-state index contributed by atoms with van der Waals surface area (Å²) in [5.74, 6) is -0.631. The Morgan fingerprint density at radius 2 is 1.72 bits per heavy atom. The van der Waals surface area contributed by atoms with Gasteiger partial charge in [0.2, 0.25) is 0 Å². The molecule has 0 amide bonds. The summed E-state index contributed by atoms with van der Waals surface area (Å²) in [5, 5.41) is 2.89. The Labute approximate surface area is 103 Å². The van der Waals surface area contributed by atoms with Crippen LogP contribution in [0.2, 0.25) is 0 Å². The summed E-state index contributed by atoms with van der Waals surface area (Å²) in [7, 11) is 0. The summed E-state index contributed by atoms with van der Waals surface area (Å²) in [6.45, 7) is 0. The van der Waals surface area contributed by atoms with E-state index in [2.05, 4.69) is 5.32 Å². The molecule has 100 valence electrons. The topological polar surface area (TPSA) is 12.0 Å². The number of halogens is 4. The largest absolute Gasteiger partial charge is 0.416 e. The Bertz CT molecular complexity index is 408. The van der Waals surface area contributed by atoms with Gasteiger partial charge in [-0.05, 0) is 31.0 Å². The molecule has 1 fully saturated rings. The van der Waals surface area contributed by atoms with E-state index in [1.807, 2.05) is 0 Å². The summed E-state index contributed by atoms with van der Waals surface area (Å²) < 4.78 is 51.1. The van der Waals surface area contributed by atoms with Crippen molar-refractivity contribution in [1.82, 2.24) is 0 Å². The maximum atomic E-state index is 13.5. The molecule has 0 aromatic heterocycles. The zero-order chi connectivity index (χ0) is 13.2. The van der Waals surface area contributed by atoms with Crippen molar-refractivity contribution in [2.24, 2.45) is 0 Å². The standard InChI is InChI=1S/C13H15F4N/c14-11-7-6-9(13(15,16)17)8-12(11)18-10-4-2-1-3-5-10/h6-8,10,18H,1-5H2. The molecule has 0 saturated heterocycles. The number of hydrogen-bond acceptors (Lipinski definition) is 1. The minimum atomic E-state index is -4.43. The Morgan fingerprint density at radius 3 is 2.33 bits per heavy atom. The van der Waals surface area contributed by atoms with E-state index >= 15 is 0 Å². The average Bonchev–Trinajstić information content (AvgIpc) is 2.32. The van der Waals surface area contributed by atoms with E-state index in [1.54, 1.807) is 0 Å². The highest BCUT2D eigenvalue weighted by Gasteiger charge is 2.31. The third-order valence-electron chi connectivity index (χ3n) is 3.26. The highest BCUT2D eigenvalue weighted by Crippen LogP contribution is 2.32. The molecule has 1 N–H and O–H groups in total. The van der Waals surface area contributed by atoms with Gasteiger partial charge in [-0.1, -0.05) is 19.3 Å². The van der Waals surface area contributed by atoms with Crippen molar-refractivity contribution in [1.29, 1.82) is 0 Å². The van der Waals surface area contributed by atoms with Gasteiger partial charge in [0.25, 0.3) is 0 Å². The first-order valence-electron chi connectivity index (χ1n) is 6.10. The van der Waals surface area contributed by atoms with Crippen molar-refractivity contribution >= 4 is 5.69 Å². The van der Waals surface area contributed by atoms with Crippen LogP contribution < -0.4 is 5.32 Å². The lowest BCUT2D eigenvalue weighted by Crippen LogP contribution is -2.23. The van der Waals surface area contributed by atoms with Gasteiger partial charge in [-0.3, -0.25) is 0 Å². The van der Waals surface area contributed by atoms with E-state index in [4.69, 9.17) is 0 Å². The second-order valence-corrected chi connectivity index (χ2v) is 4.67. The molecular formula is C13H15F4N. The Kier molecular flexibility index (Phi) is 3.78. The van der Waals surface area contributed by atoms with Gasteiger partial charge in [-0.25, -0.2) is 4.39 Å². The molecule has 1 aromatic carbocycles. The fourth-order valence-electron chi connectivity index (χ4n) is 2.28. The van der Waals surface area contributed by atoms with E-state index in [9.17, 15) is 17.6 Å². The van der Waals surface area contributed by atoms with Gasteiger partial charge in [0, 0.05) is 6.04 Å². The Balaban J connectivity index is 2.15. The van der Waals surface area contributed by atoms with Crippen LogP contribution in [0.4, 0.5) is 23.2 Å². The zero-order valence-electron chi connectivity index (χ0n) is 9.86. The van der Waals surface area contributed by atoms with Crippen molar-refractivity contribution in [2.75, 3.05) is 5.32 Å². The minimum Gasteiger partial charge on any atom is -0.380 e. The van der Waals surface area contributed by atoms with Crippen LogP contribution in [0.3, 0.4) is 0 Å². The molecule has 0 atom stereocenters. The first-order valence-corrected chi connectivity index (χ1v) is 6.10. The van der Waals surface area contributed by atoms with Gasteiger partial charge < -0.3 is 5.32 Å². The molecule has 0 unspecified atom stereocenters. The monoisotopic (exact) mass is 261 g/mol. The first kappa shape index (κ1) is 13.2. The SMILES string of the molecule is Fc1ccc(C(F)(F)F)cc1NC1CCCCC1. The smallest absolute Gasteiger partial charge is 0.380 e. The quantitative estimate of drug-likeness (QED) is 0.768. The number of alkyl halides is 3. The van der Waals surface area contributed by atoms with Crippen molar-refractivity contribution in [3.05, 3.63) is 29.6 Å². The van der Waals surface area contributed by atoms with Gasteiger partial charge in [0.1, 0.15) is 5.82 Å². The van der Waals surface area contributed by atoms with E-state index in [-0.39, 0.29) is 11.7 Å². The summed E-state index contributed by atoms with van der Waals surface area (Å²) in [5.41, 5.74) is -0.862. The molecule has 1 aromatic rings. The molecule has 1 aliphatic carbocycles. The van der Waals surface area contributed by atoms with Gasteiger partial charge in [-0.2, -0.15) is 13.2 Å². The molecule has 0 radical (unpaired) electrons. The lowest BCUT2D eigenvalue weighted by Gasteiger charge is -2.24. The second-order valence-electron chi connectivity index (χ2n) is 4.67. The van der Waals surface area contributed by atoms with Gasteiger partial charge in [-0.15, -0.1) is 0 Å². The number of nitrogens with one attached hydrogen (secondary N) is 1. The number of anilines is 1. The normalized spacial score (nSPS) is 17.8. The number of hydrogen-bond donors (Lipinski definition) is 1. The van der Waals surface area contributed by atoms with Crippen LogP contribution in [-0.2, 0) is 6.18 Å². The van der Waals surface area contributed by atoms with Crippen molar-refractivity contribution in [2.45, 2.75) is 44.3 Å². The van der Waals surface area contributed by atoms with Crippen LogP contribution in [0.5, 0.6) is 0 Å². The Hall–Kier alpha value is -1.26. The summed E-state index contributed by atoms with van der Waals surface area (Å²) >= 11 is 0. The third kappa shape index (κ3) is 3.15. The fraction of sp³-hybridized carbons (Fsp3) is 0.538. The van der Waals surface area contributed by atoms with E-state index in [0.29, 0.717) is 0 Å². The van der Waals surface area contributed by atoms with Crippen molar-refractivity contribution in [3.8, 4) is 0 Å². The third-order valence-corrected chi connectivity index (χ3v) is 3.26. The molecule has 18 heavy (non-hydrogen) atoms. The van der Waals surface area contributed by atoms with Crippen LogP contribution in [-0.4, -0.2) is 6.04 Å². The number of benzene rings is 1. The van der Waals surface area contributed by atoms with Gasteiger partial charge in [0.05, 0.1) is 11.3 Å². The molecule has 0 spiro atoms. The maximum absolute atomic E-state index is 13.5. The molecule has 5 heteroatoms. The van der Waals surface area contributed by atoms with Crippen LogP contribution in [0, 0.1) is 5.82 Å². The summed E-state index contributed by atoms with van der Waals surface area (Å²) in [6, 6.07) is 2.57. The maximum Gasteiger partial charge on any atom is 0.416 e. The molecule has 1 nitrogen and oxygen atoms in total. The average molecular weight is 261 g/mol. The molecule has 1 saturated carbocycles. The molecule has 0 aliphatic heterocycles. The summed E-state index contributed by atoms with van der Waals surface area (Å²) in [6.07, 6.45) is 0.557. The van der Waals surface area contributed by atoms with E-state index < -0.39 is 17.6 Å². The molecule has 0 bridgehead atoms. The van der Waals surface area contributed by atoms with Crippen molar-refractivity contribution < 1.29 is 17.6 Å². The van der Waals surface area contributed by atoms with E-state index in [0.717, 1.165) is 50.3 Å². The highest BCUT2D eigenvalue weighted by molar-refractivity contribution is 5.48. The van der Waals surface area contributed by atoms with Crippen LogP contribution in [0.15, 0.2) is 18.2 Å². The predicted molar refractivity (Wildman–Crippen MR) is 61.9 cm³/mol. The lowest BCUT2D eigenvalue weighted by molar-refractivity contribution is -0.137. The highest BCUT2D eigenvalue weighted by atomic mass is 19.4. The fourth-order valence-corrected chi connectivity index (χ4v) is 2.28. The lowest BCUT2D eigenvalue weighted by atomic mass is 9.95. The van der Waals surface area contributed by atoms with Gasteiger partial charge >= 0.3 is 6.18 Å². The molecule has 0 heterocycles. The predicted octanol–water partition coefficient (Wildman–Crippen LogP) is 4.59. The van der Waals surface area contributed by atoms with Crippen LogP contribution in [0.1, 0.15) is 37.7 Å². The molecule has 1 aliphatic rings. The van der Waals surface area contributed by atoms with Crippen molar-refractivity contribution in [3.63, 3.8) is 0 Å². The summed E-state index contributed by atoms with van der Waals surface area (Å²) in [4.78, 5) is 0. The van der Waals surface area contributed by atoms with E-state index in [1.165, 1.54) is 0 Å². The zero-order valence-corrected chi connectivity index (χ0v) is 9.86. The second kappa shape index (κ2) is 5.16. The van der Waals surface area contributed by atoms with Crippen LogP contribution in [0.25, 0.3) is 0 Å². The minimum absolute atomic E-state index is 0.0447. The Morgan fingerprint density at radius 1 is 1.06 bits per heavy atom. The molecular weight excluding hydrogens is 246 g/mol.